The van der Waals surface area contributed by atoms with E-state index in [1.807, 2.05) is 19.3 Å². The van der Waals surface area contributed by atoms with Crippen LogP contribution >= 0.6 is 0 Å². The van der Waals surface area contributed by atoms with E-state index in [1.54, 1.807) is 0 Å². The van der Waals surface area contributed by atoms with Gasteiger partial charge < -0.3 is 19.7 Å². The maximum absolute atomic E-state index is 4.30. The monoisotopic (exact) mass is 389 g/mol. The molecule has 0 aliphatic carbocycles. The van der Waals surface area contributed by atoms with E-state index in [9.17, 15) is 0 Å². The summed E-state index contributed by atoms with van der Waals surface area (Å²) in [5.41, 5.74) is 5.09. The molecule has 1 N–H and O–H groups in total. The molecule has 1 atom stereocenters. The van der Waals surface area contributed by atoms with Crippen LogP contribution in [0.4, 0.5) is 5.69 Å². The lowest BCUT2D eigenvalue weighted by Gasteiger charge is -2.34. The van der Waals surface area contributed by atoms with Crippen molar-refractivity contribution < 1.29 is 0 Å². The average molecular weight is 390 g/mol. The molecule has 0 unspecified atom stereocenters. The molecule has 0 saturated carbocycles. The predicted octanol–water partition coefficient (Wildman–Crippen LogP) is 3.78. The van der Waals surface area contributed by atoms with Gasteiger partial charge in [0.05, 0.1) is 0 Å². The molecule has 1 aromatic heterocycles. The van der Waals surface area contributed by atoms with E-state index < -0.39 is 0 Å². The van der Waals surface area contributed by atoms with E-state index in [4.69, 9.17) is 0 Å². The van der Waals surface area contributed by atoms with Crippen molar-refractivity contribution in [3.63, 3.8) is 0 Å². The van der Waals surface area contributed by atoms with Gasteiger partial charge >= 0.3 is 0 Å². The topological polar surface area (TPSA) is 36.3 Å². The SMILES string of the molecule is Cc1nccn1-c1ccc([C@H](C)NCc2ccc(N3CCN(C)CC3)cc2)cc1. The molecule has 1 fully saturated rings. The van der Waals surface area contributed by atoms with Crippen LogP contribution in [0.1, 0.15) is 29.9 Å². The van der Waals surface area contributed by atoms with Gasteiger partial charge in [-0.2, -0.15) is 0 Å². The van der Waals surface area contributed by atoms with Crippen LogP contribution < -0.4 is 10.2 Å². The zero-order chi connectivity index (χ0) is 20.2. The summed E-state index contributed by atoms with van der Waals surface area (Å²) in [5, 5.41) is 3.65. The van der Waals surface area contributed by atoms with E-state index in [0.29, 0.717) is 6.04 Å². The molecule has 2 heterocycles. The molecule has 5 nitrogen and oxygen atoms in total. The van der Waals surface area contributed by atoms with Gasteiger partial charge in [-0.15, -0.1) is 0 Å². The highest BCUT2D eigenvalue weighted by Crippen LogP contribution is 2.19. The zero-order valence-corrected chi connectivity index (χ0v) is 17.7. The number of aromatic nitrogens is 2. The largest absolute Gasteiger partial charge is 0.369 e. The van der Waals surface area contributed by atoms with Gasteiger partial charge in [0.2, 0.25) is 0 Å². The zero-order valence-electron chi connectivity index (χ0n) is 17.7. The van der Waals surface area contributed by atoms with Gasteiger partial charge in [-0.25, -0.2) is 4.98 Å². The first kappa shape index (κ1) is 19.7. The Morgan fingerprint density at radius 2 is 1.59 bits per heavy atom. The number of piperazine rings is 1. The molecule has 3 aromatic rings. The van der Waals surface area contributed by atoms with Crippen molar-refractivity contribution in [3.05, 3.63) is 77.9 Å². The van der Waals surface area contributed by atoms with Crippen molar-refractivity contribution in [3.8, 4) is 5.69 Å². The third kappa shape index (κ3) is 4.69. The van der Waals surface area contributed by atoms with Crippen molar-refractivity contribution in [1.29, 1.82) is 0 Å². The van der Waals surface area contributed by atoms with Gasteiger partial charge in [-0.1, -0.05) is 24.3 Å². The summed E-state index contributed by atoms with van der Waals surface area (Å²) < 4.78 is 2.10. The molecule has 29 heavy (non-hydrogen) atoms. The Morgan fingerprint density at radius 3 is 2.21 bits per heavy atom. The number of rotatable bonds is 6. The Morgan fingerprint density at radius 1 is 0.931 bits per heavy atom. The van der Waals surface area contributed by atoms with Crippen LogP contribution in [-0.4, -0.2) is 47.7 Å². The maximum atomic E-state index is 4.30. The van der Waals surface area contributed by atoms with E-state index in [2.05, 4.69) is 87.2 Å². The summed E-state index contributed by atoms with van der Waals surface area (Å²) in [4.78, 5) is 9.16. The molecule has 4 rings (SSSR count). The van der Waals surface area contributed by atoms with Crippen LogP contribution in [0, 0.1) is 6.92 Å². The highest BCUT2D eigenvalue weighted by molar-refractivity contribution is 5.48. The third-order valence-corrected chi connectivity index (χ3v) is 5.91. The minimum Gasteiger partial charge on any atom is -0.369 e. The van der Waals surface area contributed by atoms with Crippen LogP contribution in [0.15, 0.2) is 60.9 Å². The molecule has 5 heteroatoms. The minimum atomic E-state index is 0.297. The summed E-state index contributed by atoms with van der Waals surface area (Å²) in [6.45, 7) is 9.61. The van der Waals surface area contributed by atoms with Gasteiger partial charge in [0.15, 0.2) is 0 Å². The molecular weight excluding hydrogens is 358 g/mol. The van der Waals surface area contributed by atoms with Crippen LogP contribution in [0.5, 0.6) is 0 Å². The van der Waals surface area contributed by atoms with Gasteiger partial charge in [0.25, 0.3) is 0 Å². The second-order valence-electron chi connectivity index (χ2n) is 8.00. The second-order valence-corrected chi connectivity index (χ2v) is 8.00. The summed E-state index contributed by atoms with van der Waals surface area (Å²) in [6.07, 6.45) is 3.83. The summed E-state index contributed by atoms with van der Waals surface area (Å²) in [6, 6.07) is 18.0. The summed E-state index contributed by atoms with van der Waals surface area (Å²) in [5.74, 6) is 1.00. The Hall–Kier alpha value is -2.63. The van der Waals surface area contributed by atoms with E-state index in [0.717, 1.165) is 44.2 Å². The fraction of sp³-hybridized carbons (Fsp3) is 0.375. The molecule has 0 spiro atoms. The third-order valence-electron chi connectivity index (χ3n) is 5.91. The molecule has 0 bridgehead atoms. The maximum Gasteiger partial charge on any atom is 0.110 e. The fourth-order valence-corrected chi connectivity index (χ4v) is 3.85. The second kappa shape index (κ2) is 8.80. The lowest BCUT2D eigenvalue weighted by atomic mass is 10.1. The molecule has 2 aromatic carbocycles. The van der Waals surface area contributed by atoms with Gasteiger partial charge in [0, 0.05) is 62.5 Å². The highest BCUT2D eigenvalue weighted by Gasteiger charge is 2.14. The molecule has 1 aliphatic heterocycles. The Bertz CT molecular complexity index is 905. The van der Waals surface area contributed by atoms with Gasteiger partial charge in [-0.05, 0) is 56.3 Å². The van der Waals surface area contributed by atoms with Crippen molar-refractivity contribution >= 4 is 5.69 Å². The molecular formula is C24H31N5. The first-order valence-corrected chi connectivity index (χ1v) is 10.5. The fourth-order valence-electron chi connectivity index (χ4n) is 3.85. The van der Waals surface area contributed by atoms with Crippen LogP contribution in [0.2, 0.25) is 0 Å². The average Bonchev–Trinajstić information content (AvgIpc) is 3.19. The number of nitrogens with zero attached hydrogens (tertiary/aromatic N) is 4. The van der Waals surface area contributed by atoms with Crippen molar-refractivity contribution in [2.24, 2.45) is 0 Å². The number of hydrogen-bond acceptors (Lipinski definition) is 4. The summed E-state index contributed by atoms with van der Waals surface area (Å²) in [7, 11) is 2.19. The van der Waals surface area contributed by atoms with Gasteiger partial charge in [0.1, 0.15) is 5.82 Å². The molecule has 0 amide bonds. The number of aryl methyl sites for hydroxylation is 1. The predicted molar refractivity (Wildman–Crippen MR) is 120 cm³/mol. The number of anilines is 1. The number of hydrogen-bond donors (Lipinski definition) is 1. The molecule has 152 valence electrons. The Kier molecular flexibility index (Phi) is 5.97. The van der Waals surface area contributed by atoms with Gasteiger partial charge in [-0.3, -0.25) is 0 Å². The lowest BCUT2D eigenvalue weighted by Crippen LogP contribution is -2.44. The standard InChI is InChI=1S/C24H31N5/c1-19(22-6-10-24(11-7-22)29-13-12-25-20(29)2)26-18-21-4-8-23(9-5-21)28-16-14-27(3)15-17-28/h4-13,19,26H,14-18H2,1-3H3/t19-/m0/s1. The van der Waals surface area contributed by atoms with Crippen LogP contribution in [-0.2, 0) is 6.54 Å². The Labute approximate surface area is 174 Å². The number of nitrogens with one attached hydrogen (secondary N) is 1. The van der Waals surface area contributed by atoms with Crippen LogP contribution in [0.3, 0.4) is 0 Å². The summed E-state index contributed by atoms with van der Waals surface area (Å²) >= 11 is 0. The normalized spacial score (nSPS) is 16.2. The highest BCUT2D eigenvalue weighted by atomic mass is 15.2. The smallest absolute Gasteiger partial charge is 0.110 e. The number of benzene rings is 2. The number of imidazole rings is 1. The first-order valence-electron chi connectivity index (χ1n) is 10.5. The molecule has 1 aliphatic rings. The minimum absolute atomic E-state index is 0.297. The molecule has 1 saturated heterocycles. The van der Waals surface area contributed by atoms with Crippen molar-refractivity contribution in [2.75, 3.05) is 38.1 Å². The first-order chi connectivity index (χ1) is 14.1. The van der Waals surface area contributed by atoms with E-state index in [1.165, 1.54) is 16.8 Å². The van der Waals surface area contributed by atoms with Crippen molar-refractivity contribution in [1.82, 2.24) is 19.8 Å². The Balaban J connectivity index is 1.32. The van der Waals surface area contributed by atoms with Crippen LogP contribution in [0.25, 0.3) is 5.69 Å². The lowest BCUT2D eigenvalue weighted by molar-refractivity contribution is 0.313. The van der Waals surface area contributed by atoms with Crippen molar-refractivity contribution in [2.45, 2.75) is 26.4 Å². The van der Waals surface area contributed by atoms with E-state index >= 15 is 0 Å². The number of likely N-dealkylation sites (N-methyl/N-ethyl adjacent to an activating group) is 1. The van der Waals surface area contributed by atoms with E-state index in [-0.39, 0.29) is 0 Å². The molecule has 0 radical (unpaired) electrons. The quantitative estimate of drug-likeness (QED) is 0.696.